The predicted molar refractivity (Wildman–Crippen MR) is 63.2 cm³/mol. The SMILES string of the molecule is Oc1ccc(-c2cc3cccc(F)c3o2)cc1F. The van der Waals surface area contributed by atoms with E-state index in [2.05, 4.69) is 0 Å². The van der Waals surface area contributed by atoms with E-state index in [1.807, 2.05) is 0 Å². The summed E-state index contributed by atoms with van der Waals surface area (Å²) in [6.07, 6.45) is 0. The minimum Gasteiger partial charge on any atom is -0.505 e. The fraction of sp³-hybridized carbons (Fsp3) is 0. The molecule has 3 rings (SSSR count). The maximum atomic E-state index is 13.5. The van der Waals surface area contributed by atoms with Crippen LogP contribution < -0.4 is 0 Å². The van der Waals surface area contributed by atoms with Crippen molar-refractivity contribution < 1.29 is 18.3 Å². The molecule has 0 aliphatic carbocycles. The van der Waals surface area contributed by atoms with Crippen molar-refractivity contribution >= 4 is 11.0 Å². The van der Waals surface area contributed by atoms with Gasteiger partial charge in [-0.1, -0.05) is 12.1 Å². The number of aromatic hydroxyl groups is 1. The second-order valence-electron chi connectivity index (χ2n) is 3.94. The normalized spacial score (nSPS) is 11.0. The molecule has 4 heteroatoms. The van der Waals surface area contributed by atoms with Gasteiger partial charge in [-0.15, -0.1) is 0 Å². The summed E-state index contributed by atoms with van der Waals surface area (Å²) in [5.74, 6) is -1.28. The Hall–Kier alpha value is -2.36. The zero-order chi connectivity index (χ0) is 12.7. The average Bonchev–Trinajstić information content (AvgIpc) is 2.78. The molecule has 18 heavy (non-hydrogen) atoms. The molecule has 0 amide bonds. The van der Waals surface area contributed by atoms with Crippen molar-refractivity contribution in [2.24, 2.45) is 0 Å². The smallest absolute Gasteiger partial charge is 0.170 e. The molecule has 2 nitrogen and oxygen atoms in total. The van der Waals surface area contributed by atoms with Crippen LogP contribution in [0.4, 0.5) is 8.78 Å². The maximum Gasteiger partial charge on any atom is 0.170 e. The first kappa shape index (κ1) is 10.8. The van der Waals surface area contributed by atoms with Crippen LogP contribution in [0, 0.1) is 11.6 Å². The number of hydrogen-bond donors (Lipinski definition) is 1. The fourth-order valence-electron chi connectivity index (χ4n) is 1.83. The van der Waals surface area contributed by atoms with Crippen molar-refractivity contribution in [3.05, 3.63) is 54.1 Å². The van der Waals surface area contributed by atoms with Crippen LogP contribution in [0.15, 0.2) is 46.9 Å². The number of halogens is 2. The third kappa shape index (κ3) is 1.62. The molecule has 90 valence electrons. The van der Waals surface area contributed by atoms with Crippen molar-refractivity contribution in [1.82, 2.24) is 0 Å². The molecule has 0 spiro atoms. The van der Waals surface area contributed by atoms with Gasteiger partial charge in [0.05, 0.1) is 0 Å². The van der Waals surface area contributed by atoms with Crippen molar-refractivity contribution in [3.63, 3.8) is 0 Å². The average molecular weight is 246 g/mol. The molecule has 3 aromatic rings. The van der Waals surface area contributed by atoms with Crippen LogP contribution in [0.5, 0.6) is 5.75 Å². The van der Waals surface area contributed by atoms with Gasteiger partial charge in [0.2, 0.25) is 0 Å². The van der Waals surface area contributed by atoms with Gasteiger partial charge in [-0.2, -0.15) is 0 Å². The summed E-state index contributed by atoms with van der Waals surface area (Å²) in [5.41, 5.74) is 0.585. The minimum atomic E-state index is -0.742. The van der Waals surface area contributed by atoms with Gasteiger partial charge in [-0.25, -0.2) is 8.78 Å². The number of furan rings is 1. The largest absolute Gasteiger partial charge is 0.505 e. The Labute approximate surface area is 101 Å². The lowest BCUT2D eigenvalue weighted by Crippen LogP contribution is -1.78. The van der Waals surface area contributed by atoms with Crippen LogP contribution >= 0.6 is 0 Å². The van der Waals surface area contributed by atoms with E-state index in [1.54, 1.807) is 18.2 Å². The Morgan fingerprint density at radius 3 is 2.50 bits per heavy atom. The maximum absolute atomic E-state index is 13.5. The molecule has 0 unspecified atom stereocenters. The van der Waals surface area contributed by atoms with E-state index >= 15 is 0 Å². The number of phenols is 1. The number of fused-ring (bicyclic) bond motifs is 1. The predicted octanol–water partition coefficient (Wildman–Crippen LogP) is 4.08. The van der Waals surface area contributed by atoms with Gasteiger partial charge in [0.1, 0.15) is 5.76 Å². The van der Waals surface area contributed by atoms with E-state index in [1.165, 1.54) is 18.2 Å². The monoisotopic (exact) mass is 246 g/mol. The first-order valence-corrected chi connectivity index (χ1v) is 5.32. The summed E-state index contributed by atoms with van der Waals surface area (Å²) in [7, 11) is 0. The van der Waals surface area contributed by atoms with Gasteiger partial charge in [-0.05, 0) is 30.3 Å². The van der Waals surface area contributed by atoms with Gasteiger partial charge in [0.25, 0.3) is 0 Å². The van der Waals surface area contributed by atoms with E-state index in [9.17, 15) is 8.78 Å². The van der Waals surface area contributed by atoms with E-state index in [0.29, 0.717) is 16.7 Å². The highest BCUT2D eigenvalue weighted by Gasteiger charge is 2.11. The zero-order valence-corrected chi connectivity index (χ0v) is 9.15. The molecule has 0 saturated carbocycles. The van der Waals surface area contributed by atoms with Crippen molar-refractivity contribution in [2.45, 2.75) is 0 Å². The lowest BCUT2D eigenvalue weighted by molar-refractivity contribution is 0.432. The van der Waals surface area contributed by atoms with Crippen LogP contribution in [0.2, 0.25) is 0 Å². The molecule has 2 aromatic carbocycles. The van der Waals surface area contributed by atoms with Crippen LogP contribution in [0.3, 0.4) is 0 Å². The number of rotatable bonds is 1. The summed E-state index contributed by atoms with van der Waals surface area (Å²) in [6.45, 7) is 0. The number of phenolic OH excluding ortho intramolecular Hbond substituents is 1. The third-order valence-corrected chi connectivity index (χ3v) is 2.73. The van der Waals surface area contributed by atoms with Gasteiger partial charge in [0, 0.05) is 10.9 Å². The van der Waals surface area contributed by atoms with Crippen LogP contribution in [0.25, 0.3) is 22.3 Å². The van der Waals surface area contributed by atoms with Crippen LogP contribution in [-0.4, -0.2) is 5.11 Å². The Morgan fingerprint density at radius 1 is 0.944 bits per heavy atom. The number of hydrogen-bond acceptors (Lipinski definition) is 2. The molecule has 0 fully saturated rings. The van der Waals surface area contributed by atoms with Crippen LogP contribution in [0.1, 0.15) is 0 Å². The molecule has 0 aliphatic heterocycles. The summed E-state index contributed by atoms with van der Waals surface area (Å²) in [6, 6.07) is 10.1. The highest BCUT2D eigenvalue weighted by atomic mass is 19.1. The zero-order valence-electron chi connectivity index (χ0n) is 9.15. The van der Waals surface area contributed by atoms with E-state index < -0.39 is 17.4 Å². The van der Waals surface area contributed by atoms with Crippen molar-refractivity contribution in [2.75, 3.05) is 0 Å². The molecule has 1 heterocycles. The standard InChI is InChI=1S/C14H8F2O2/c15-10-3-1-2-9-7-13(18-14(9)10)8-4-5-12(17)11(16)6-8/h1-7,17H. The number of benzene rings is 2. The molecule has 0 aliphatic rings. The van der Waals surface area contributed by atoms with Gasteiger partial charge in [-0.3, -0.25) is 0 Å². The lowest BCUT2D eigenvalue weighted by Gasteiger charge is -1.98. The molecule has 0 bridgehead atoms. The van der Waals surface area contributed by atoms with Crippen molar-refractivity contribution in [3.8, 4) is 17.1 Å². The summed E-state index contributed by atoms with van der Waals surface area (Å²) < 4.78 is 32.0. The highest BCUT2D eigenvalue weighted by molar-refractivity contribution is 5.83. The second kappa shape index (κ2) is 3.84. The Bertz CT molecular complexity index is 732. The molecular weight excluding hydrogens is 238 g/mol. The molecule has 1 N–H and O–H groups in total. The first-order chi connectivity index (χ1) is 8.65. The molecule has 0 atom stereocenters. The molecule has 0 radical (unpaired) electrons. The van der Waals surface area contributed by atoms with Gasteiger partial charge < -0.3 is 9.52 Å². The second-order valence-corrected chi connectivity index (χ2v) is 3.94. The quantitative estimate of drug-likeness (QED) is 0.701. The molecule has 1 aromatic heterocycles. The van der Waals surface area contributed by atoms with Gasteiger partial charge in [0.15, 0.2) is 23.0 Å². The fourth-order valence-corrected chi connectivity index (χ4v) is 1.83. The molecular formula is C14H8F2O2. The van der Waals surface area contributed by atoms with Crippen LogP contribution in [-0.2, 0) is 0 Å². The van der Waals surface area contributed by atoms with E-state index in [4.69, 9.17) is 9.52 Å². The van der Waals surface area contributed by atoms with E-state index in [0.717, 1.165) is 6.07 Å². The topological polar surface area (TPSA) is 33.4 Å². The van der Waals surface area contributed by atoms with E-state index in [-0.39, 0.29) is 5.58 Å². The van der Waals surface area contributed by atoms with Gasteiger partial charge >= 0.3 is 0 Å². The first-order valence-electron chi connectivity index (χ1n) is 5.32. The Kier molecular flexibility index (Phi) is 2.30. The number of para-hydroxylation sites is 1. The minimum absolute atomic E-state index is 0.140. The Morgan fingerprint density at radius 2 is 1.78 bits per heavy atom. The highest BCUT2D eigenvalue weighted by Crippen LogP contribution is 2.31. The van der Waals surface area contributed by atoms with Crippen molar-refractivity contribution in [1.29, 1.82) is 0 Å². The Balaban J connectivity index is 2.19. The summed E-state index contributed by atoms with van der Waals surface area (Å²) in [4.78, 5) is 0. The molecule has 0 saturated heterocycles. The summed E-state index contributed by atoms with van der Waals surface area (Å²) in [5, 5.41) is 9.72. The summed E-state index contributed by atoms with van der Waals surface area (Å²) >= 11 is 0. The lowest BCUT2D eigenvalue weighted by atomic mass is 10.1. The third-order valence-electron chi connectivity index (χ3n) is 2.73.